The summed E-state index contributed by atoms with van der Waals surface area (Å²) in [6, 6.07) is 4.40. The van der Waals surface area contributed by atoms with E-state index in [0.29, 0.717) is 16.6 Å². The number of hydrogen-bond acceptors (Lipinski definition) is 4. The van der Waals surface area contributed by atoms with Crippen LogP contribution < -0.4 is 5.32 Å². The first-order valence-electron chi connectivity index (χ1n) is 5.22. The van der Waals surface area contributed by atoms with Gasteiger partial charge >= 0.3 is 0 Å². The van der Waals surface area contributed by atoms with Gasteiger partial charge in [0, 0.05) is 4.47 Å². The lowest BCUT2D eigenvalue weighted by atomic mass is 10.2. The molecule has 19 heavy (non-hydrogen) atoms. The topological polar surface area (TPSA) is 54.9 Å². The van der Waals surface area contributed by atoms with Gasteiger partial charge in [0.25, 0.3) is 0 Å². The Bertz CT molecular complexity index is 651. The zero-order chi connectivity index (χ0) is 14.0. The number of aldehydes is 1. The van der Waals surface area contributed by atoms with E-state index in [0.717, 1.165) is 0 Å². The Kier molecular flexibility index (Phi) is 4.11. The maximum absolute atomic E-state index is 13.6. The van der Waals surface area contributed by atoms with Crippen molar-refractivity contribution < 1.29 is 9.18 Å². The van der Waals surface area contributed by atoms with E-state index < -0.39 is 5.82 Å². The van der Waals surface area contributed by atoms with E-state index in [4.69, 9.17) is 11.6 Å². The molecule has 1 aromatic carbocycles. The third-order valence-electron chi connectivity index (χ3n) is 2.31. The van der Waals surface area contributed by atoms with Gasteiger partial charge in [-0.2, -0.15) is 0 Å². The highest BCUT2D eigenvalue weighted by Crippen LogP contribution is 2.26. The zero-order valence-electron chi connectivity index (χ0n) is 9.75. The average Bonchev–Trinajstić information content (AvgIpc) is 2.33. The van der Waals surface area contributed by atoms with Crippen molar-refractivity contribution >= 4 is 45.3 Å². The van der Waals surface area contributed by atoms with Crippen LogP contribution >= 0.6 is 27.5 Å². The molecule has 2 aromatic rings. The fraction of sp³-hybridized carbons (Fsp3) is 0.0833. The quantitative estimate of drug-likeness (QED) is 0.678. The Balaban J connectivity index is 2.48. The summed E-state index contributed by atoms with van der Waals surface area (Å²) >= 11 is 9.09. The molecule has 98 valence electrons. The molecule has 7 heteroatoms. The summed E-state index contributed by atoms with van der Waals surface area (Å²) in [6.07, 6.45) is 0.528. The van der Waals surface area contributed by atoms with Gasteiger partial charge in [0.15, 0.2) is 6.29 Å². The molecule has 0 radical (unpaired) electrons. The molecule has 0 bridgehead atoms. The molecular formula is C12H8BrClFN3O. The van der Waals surface area contributed by atoms with Crippen molar-refractivity contribution in [1.82, 2.24) is 9.97 Å². The van der Waals surface area contributed by atoms with Gasteiger partial charge in [-0.1, -0.05) is 27.5 Å². The fourth-order valence-corrected chi connectivity index (χ4v) is 2.09. The Hall–Kier alpha value is -1.53. The van der Waals surface area contributed by atoms with E-state index in [2.05, 4.69) is 31.2 Å². The third kappa shape index (κ3) is 3.08. The van der Waals surface area contributed by atoms with Gasteiger partial charge < -0.3 is 5.32 Å². The van der Waals surface area contributed by atoms with E-state index in [-0.39, 0.29) is 22.2 Å². The number of hydrogen-bond donors (Lipinski definition) is 1. The van der Waals surface area contributed by atoms with Crippen molar-refractivity contribution in [3.05, 3.63) is 45.0 Å². The van der Waals surface area contributed by atoms with E-state index >= 15 is 0 Å². The van der Waals surface area contributed by atoms with Crippen molar-refractivity contribution in [3.63, 3.8) is 0 Å². The van der Waals surface area contributed by atoms with Gasteiger partial charge in [-0.05, 0) is 25.1 Å². The van der Waals surface area contributed by atoms with E-state index in [1.165, 1.54) is 12.1 Å². The number of aryl methyl sites for hydroxylation is 1. The zero-order valence-corrected chi connectivity index (χ0v) is 12.1. The van der Waals surface area contributed by atoms with Crippen LogP contribution in [0, 0.1) is 12.7 Å². The number of aromatic nitrogens is 2. The van der Waals surface area contributed by atoms with Crippen molar-refractivity contribution in [2.24, 2.45) is 0 Å². The predicted octanol–water partition coefficient (Wildman–Crippen LogP) is 3.90. The maximum atomic E-state index is 13.6. The van der Waals surface area contributed by atoms with Gasteiger partial charge in [-0.25, -0.2) is 14.4 Å². The summed E-state index contributed by atoms with van der Waals surface area (Å²) in [5.74, 6) is 0.0884. The Morgan fingerprint density at radius 1 is 1.42 bits per heavy atom. The first-order chi connectivity index (χ1) is 9.01. The second-order valence-corrected chi connectivity index (χ2v) is 4.96. The van der Waals surface area contributed by atoms with Crippen molar-refractivity contribution in [2.45, 2.75) is 6.92 Å². The van der Waals surface area contributed by atoms with E-state index in [1.807, 2.05) is 0 Å². The fourth-order valence-electron chi connectivity index (χ4n) is 1.47. The van der Waals surface area contributed by atoms with Crippen LogP contribution in [0.2, 0.25) is 5.15 Å². The summed E-state index contributed by atoms with van der Waals surface area (Å²) in [4.78, 5) is 18.9. The Labute approximate surface area is 122 Å². The molecule has 1 heterocycles. The number of rotatable bonds is 3. The van der Waals surface area contributed by atoms with Crippen LogP contribution in [0.15, 0.2) is 22.7 Å². The second-order valence-electron chi connectivity index (χ2n) is 3.69. The molecule has 0 atom stereocenters. The van der Waals surface area contributed by atoms with Crippen LogP contribution in [0.5, 0.6) is 0 Å². The van der Waals surface area contributed by atoms with Crippen LogP contribution in [-0.2, 0) is 0 Å². The number of nitrogens with zero attached hydrogens (tertiary/aromatic N) is 2. The summed E-state index contributed by atoms with van der Waals surface area (Å²) in [5.41, 5.74) is 0.276. The average molecular weight is 345 g/mol. The normalized spacial score (nSPS) is 10.3. The van der Waals surface area contributed by atoms with Crippen LogP contribution in [-0.4, -0.2) is 16.3 Å². The summed E-state index contributed by atoms with van der Waals surface area (Å²) in [6.45, 7) is 1.63. The second kappa shape index (κ2) is 5.63. The minimum Gasteiger partial charge on any atom is -0.337 e. The van der Waals surface area contributed by atoms with Gasteiger partial charge in [-0.3, -0.25) is 4.79 Å². The minimum atomic E-state index is -0.465. The molecule has 0 aliphatic carbocycles. The van der Waals surface area contributed by atoms with Crippen molar-refractivity contribution in [2.75, 3.05) is 5.32 Å². The summed E-state index contributed by atoms with van der Waals surface area (Å²) in [5, 5.41) is 2.77. The number of benzene rings is 1. The number of halogens is 3. The highest BCUT2D eigenvalue weighted by atomic mass is 79.9. The molecule has 4 nitrogen and oxygen atoms in total. The summed E-state index contributed by atoms with van der Waals surface area (Å²) in [7, 11) is 0. The van der Waals surface area contributed by atoms with Gasteiger partial charge in [-0.15, -0.1) is 0 Å². The third-order valence-corrected chi connectivity index (χ3v) is 3.09. The van der Waals surface area contributed by atoms with Crippen LogP contribution in [0.4, 0.5) is 15.9 Å². The molecule has 0 amide bonds. The molecule has 1 aromatic heterocycles. The number of anilines is 2. The lowest BCUT2D eigenvalue weighted by Crippen LogP contribution is -2.04. The lowest BCUT2D eigenvalue weighted by molar-refractivity contribution is 0.112. The lowest BCUT2D eigenvalue weighted by Gasteiger charge is -2.10. The number of carbonyl (C=O) groups is 1. The summed E-state index contributed by atoms with van der Waals surface area (Å²) < 4.78 is 14.3. The smallest absolute Gasteiger partial charge is 0.156 e. The monoisotopic (exact) mass is 343 g/mol. The maximum Gasteiger partial charge on any atom is 0.156 e. The molecule has 0 unspecified atom stereocenters. The molecule has 0 saturated carbocycles. The van der Waals surface area contributed by atoms with E-state index in [1.54, 1.807) is 13.0 Å². The largest absolute Gasteiger partial charge is 0.337 e. The van der Waals surface area contributed by atoms with Crippen LogP contribution in [0.3, 0.4) is 0 Å². The van der Waals surface area contributed by atoms with Crippen molar-refractivity contribution in [3.8, 4) is 0 Å². The Morgan fingerprint density at radius 2 is 2.16 bits per heavy atom. The molecule has 0 fully saturated rings. The number of carbonyl (C=O) groups excluding carboxylic acids is 1. The SMILES string of the molecule is Cc1nc(Cl)c(C=O)c(Nc2cc(Br)ccc2F)n1. The van der Waals surface area contributed by atoms with Gasteiger partial charge in [0.2, 0.25) is 0 Å². The highest BCUT2D eigenvalue weighted by molar-refractivity contribution is 9.10. The first-order valence-corrected chi connectivity index (χ1v) is 6.39. The molecule has 2 rings (SSSR count). The molecular weight excluding hydrogens is 337 g/mol. The van der Waals surface area contributed by atoms with Crippen LogP contribution in [0.1, 0.15) is 16.2 Å². The number of nitrogens with one attached hydrogen (secondary N) is 1. The Morgan fingerprint density at radius 3 is 2.84 bits per heavy atom. The molecule has 0 aliphatic rings. The van der Waals surface area contributed by atoms with Crippen LogP contribution in [0.25, 0.3) is 0 Å². The molecule has 1 N–H and O–H groups in total. The van der Waals surface area contributed by atoms with Gasteiger partial charge in [0.05, 0.1) is 11.3 Å². The predicted molar refractivity (Wildman–Crippen MR) is 74.5 cm³/mol. The molecule has 0 spiro atoms. The first kappa shape index (κ1) is 13.9. The molecule has 0 saturated heterocycles. The standard InChI is InChI=1S/C12H8BrClFN3O/c1-6-16-11(14)8(5-19)12(17-6)18-10-4-7(13)2-3-9(10)15/h2-5H,1H3,(H,16,17,18). The van der Waals surface area contributed by atoms with Crippen molar-refractivity contribution in [1.29, 1.82) is 0 Å². The van der Waals surface area contributed by atoms with Gasteiger partial charge in [0.1, 0.15) is 22.6 Å². The minimum absolute atomic E-state index is 0.0282. The highest BCUT2D eigenvalue weighted by Gasteiger charge is 2.13. The van der Waals surface area contributed by atoms with E-state index in [9.17, 15) is 9.18 Å². The molecule has 0 aliphatic heterocycles.